The van der Waals surface area contributed by atoms with E-state index in [2.05, 4.69) is 5.43 Å². The van der Waals surface area contributed by atoms with Crippen molar-refractivity contribution >= 4 is 0 Å². The monoisotopic (exact) mass is 170 g/mol. The van der Waals surface area contributed by atoms with Crippen LogP contribution in [0.25, 0.3) is 0 Å². The van der Waals surface area contributed by atoms with E-state index in [0.717, 1.165) is 0 Å². The Labute approximate surface area is 71.4 Å². The zero-order valence-electron chi connectivity index (χ0n) is 7.32. The first-order valence-corrected chi connectivity index (χ1v) is 3.72. The zero-order chi connectivity index (χ0) is 9.40. The lowest BCUT2D eigenvalue weighted by atomic mass is 10.5. The van der Waals surface area contributed by atoms with Crippen molar-refractivity contribution in [1.29, 1.82) is 0 Å². The SMILES string of the molecule is CCO.CNn1ccccc1=O. The highest BCUT2D eigenvalue weighted by atomic mass is 16.2. The van der Waals surface area contributed by atoms with Crippen LogP contribution in [0.3, 0.4) is 0 Å². The van der Waals surface area contributed by atoms with E-state index in [1.54, 1.807) is 32.3 Å². The summed E-state index contributed by atoms with van der Waals surface area (Å²) in [4.78, 5) is 10.8. The number of nitrogens with one attached hydrogen (secondary N) is 1. The van der Waals surface area contributed by atoms with E-state index in [-0.39, 0.29) is 12.2 Å². The summed E-state index contributed by atoms with van der Waals surface area (Å²) < 4.78 is 1.40. The molecule has 4 heteroatoms. The molecule has 1 heterocycles. The fourth-order valence-corrected chi connectivity index (χ4v) is 0.612. The van der Waals surface area contributed by atoms with Crippen LogP contribution in [0.1, 0.15) is 6.92 Å². The maximum Gasteiger partial charge on any atom is 0.268 e. The summed E-state index contributed by atoms with van der Waals surface area (Å²) >= 11 is 0. The van der Waals surface area contributed by atoms with Gasteiger partial charge in [-0.3, -0.25) is 4.79 Å². The van der Waals surface area contributed by atoms with Gasteiger partial charge >= 0.3 is 0 Å². The molecule has 4 nitrogen and oxygen atoms in total. The Morgan fingerprint density at radius 1 is 1.58 bits per heavy atom. The van der Waals surface area contributed by atoms with Crippen molar-refractivity contribution in [2.24, 2.45) is 0 Å². The van der Waals surface area contributed by atoms with E-state index in [9.17, 15) is 4.79 Å². The Morgan fingerprint density at radius 3 is 2.50 bits per heavy atom. The number of aromatic nitrogens is 1. The second-order valence-electron chi connectivity index (χ2n) is 1.95. The Morgan fingerprint density at radius 2 is 2.17 bits per heavy atom. The second-order valence-corrected chi connectivity index (χ2v) is 1.95. The molecule has 2 N–H and O–H groups in total. The van der Waals surface area contributed by atoms with Crippen LogP contribution in [0.5, 0.6) is 0 Å². The van der Waals surface area contributed by atoms with Gasteiger partial charge in [-0.05, 0) is 13.0 Å². The molecule has 0 spiro atoms. The minimum Gasteiger partial charge on any atom is -0.397 e. The standard InChI is InChI=1S/C6H8N2O.C2H6O/c1-7-8-5-3-2-4-6(8)9;1-2-3/h2-5,7H,1H3;3H,2H2,1H3. The molecule has 0 amide bonds. The third kappa shape index (κ3) is 3.78. The lowest BCUT2D eigenvalue weighted by molar-refractivity contribution is 0.318. The van der Waals surface area contributed by atoms with Gasteiger partial charge in [0.1, 0.15) is 0 Å². The van der Waals surface area contributed by atoms with Gasteiger partial charge in [0.2, 0.25) is 0 Å². The van der Waals surface area contributed by atoms with E-state index in [0.29, 0.717) is 0 Å². The van der Waals surface area contributed by atoms with Gasteiger partial charge in [0.05, 0.1) is 0 Å². The van der Waals surface area contributed by atoms with Gasteiger partial charge in [0, 0.05) is 25.9 Å². The normalized spacial score (nSPS) is 8.25. The smallest absolute Gasteiger partial charge is 0.268 e. The first-order valence-electron chi connectivity index (χ1n) is 3.72. The molecule has 0 aliphatic rings. The average molecular weight is 170 g/mol. The molecule has 68 valence electrons. The largest absolute Gasteiger partial charge is 0.397 e. The Hall–Kier alpha value is -1.29. The van der Waals surface area contributed by atoms with Crippen LogP contribution in [-0.2, 0) is 0 Å². The van der Waals surface area contributed by atoms with E-state index in [1.165, 1.54) is 10.7 Å². The summed E-state index contributed by atoms with van der Waals surface area (Å²) in [6.07, 6.45) is 1.67. The van der Waals surface area contributed by atoms with Gasteiger partial charge in [0.25, 0.3) is 5.56 Å². The highest BCUT2D eigenvalue weighted by Crippen LogP contribution is 1.73. The zero-order valence-corrected chi connectivity index (χ0v) is 7.32. The van der Waals surface area contributed by atoms with Gasteiger partial charge in [0.15, 0.2) is 0 Å². The Kier molecular flexibility index (Phi) is 5.73. The summed E-state index contributed by atoms with van der Waals surface area (Å²) in [6.45, 7) is 1.93. The van der Waals surface area contributed by atoms with Crippen LogP contribution < -0.4 is 11.0 Å². The minimum atomic E-state index is -0.0417. The molecule has 0 aliphatic carbocycles. The third-order valence-electron chi connectivity index (χ3n) is 1.06. The van der Waals surface area contributed by atoms with Crippen LogP contribution in [0.4, 0.5) is 0 Å². The van der Waals surface area contributed by atoms with E-state index in [1.807, 2.05) is 0 Å². The van der Waals surface area contributed by atoms with Crippen molar-refractivity contribution in [2.45, 2.75) is 6.92 Å². The van der Waals surface area contributed by atoms with Crippen molar-refractivity contribution in [3.05, 3.63) is 34.7 Å². The molecule has 1 aromatic rings. The molecule has 1 aromatic heterocycles. The summed E-state index contributed by atoms with van der Waals surface area (Å²) in [5, 5.41) is 7.57. The molecule has 0 radical (unpaired) electrons. The van der Waals surface area contributed by atoms with Gasteiger partial charge < -0.3 is 10.5 Å². The number of rotatable bonds is 1. The lowest BCUT2D eigenvalue weighted by Crippen LogP contribution is -2.24. The molecule has 0 atom stereocenters. The molecule has 0 saturated heterocycles. The minimum absolute atomic E-state index is 0.0417. The lowest BCUT2D eigenvalue weighted by Gasteiger charge is -1.99. The molecular formula is C8H14N2O2. The van der Waals surface area contributed by atoms with E-state index >= 15 is 0 Å². The first kappa shape index (κ1) is 10.7. The van der Waals surface area contributed by atoms with Crippen molar-refractivity contribution in [3.8, 4) is 0 Å². The Balaban J connectivity index is 0.000000354. The third-order valence-corrected chi connectivity index (χ3v) is 1.06. The van der Waals surface area contributed by atoms with Crippen LogP contribution in [0, 0.1) is 0 Å². The highest BCUT2D eigenvalue weighted by Gasteiger charge is 1.83. The maximum atomic E-state index is 10.8. The summed E-state index contributed by atoms with van der Waals surface area (Å²) in [6, 6.07) is 4.99. The van der Waals surface area contributed by atoms with Crippen LogP contribution in [0.2, 0.25) is 0 Å². The number of nitrogens with zero attached hydrogens (tertiary/aromatic N) is 1. The molecule has 0 bridgehead atoms. The molecule has 0 saturated carbocycles. The summed E-state index contributed by atoms with van der Waals surface area (Å²) in [7, 11) is 1.70. The second kappa shape index (κ2) is 6.42. The van der Waals surface area contributed by atoms with Crippen LogP contribution >= 0.6 is 0 Å². The maximum absolute atomic E-state index is 10.8. The average Bonchev–Trinajstić information content (AvgIpc) is 2.07. The molecule has 0 aliphatic heterocycles. The number of pyridine rings is 1. The molecule has 0 unspecified atom stereocenters. The van der Waals surface area contributed by atoms with Crippen LogP contribution in [-0.4, -0.2) is 23.4 Å². The fraction of sp³-hybridized carbons (Fsp3) is 0.375. The van der Waals surface area contributed by atoms with Crippen molar-refractivity contribution < 1.29 is 5.11 Å². The quantitative estimate of drug-likeness (QED) is 0.624. The predicted molar refractivity (Wildman–Crippen MR) is 48.7 cm³/mol. The van der Waals surface area contributed by atoms with Crippen molar-refractivity contribution in [3.63, 3.8) is 0 Å². The summed E-state index contributed by atoms with van der Waals surface area (Å²) in [5.41, 5.74) is 2.66. The van der Waals surface area contributed by atoms with Gasteiger partial charge in [-0.25, -0.2) is 4.68 Å². The predicted octanol–water partition coefficient (Wildman–Crippen LogP) is 0.0202. The fourth-order valence-electron chi connectivity index (χ4n) is 0.612. The van der Waals surface area contributed by atoms with Gasteiger partial charge in [-0.2, -0.15) is 0 Å². The van der Waals surface area contributed by atoms with E-state index < -0.39 is 0 Å². The van der Waals surface area contributed by atoms with Gasteiger partial charge in [-0.15, -0.1) is 0 Å². The first-order chi connectivity index (χ1) is 5.76. The van der Waals surface area contributed by atoms with Gasteiger partial charge in [-0.1, -0.05) is 6.07 Å². The summed E-state index contributed by atoms with van der Waals surface area (Å²) in [5.74, 6) is 0. The Bertz CT molecular complexity index is 257. The molecule has 0 aromatic carbocycles. The number of aliphatic hydroxyl groups excluding tert-OH is 1. The highest BCUT2D eigenvalue weighted by molar-refractivity contribution is 4.94. The van der Waals surface area contributed by atoms with E-state index in [4.69, 9.17) is 5.11 Å². The van der Waals surface area contributed by atoms with Crippen molar-refractivity contribution in [2.75, 3.05) is 19.1 Å². The molecule has 0 fully saturated rings. The molecule has 1 rings (SSSR count). The number of aliphatic hydroxyl groups is 1. The van der Waals surface area contributed by atoms with Crippen molar-refractivity contribution in [1.82, 2.24) is 4.68 Å². The van der Waals surface area contributed by atoms with Crippen LogP contribution in [0.15, 0.2) is 29.2 Å². The topological polar surface area (TPSA) is 54.3 Å². The number of hydrogen-bond acceptors (Lipinski definition) is 3. The molecule has 12 heavy (non-hydrogen) atoms. The molecular weight excluding hydrogens is 156 g/mol. The number of hydrogen-bond donors (Lipinski definition) is 2.